The van der Waals surface area contributed by atoms with Crippen molar-refractivity contribution in [2.45, 2.75) is 18.6 Å². The van der Waals surface area contributed by atoms with Gasteiger partial charge in [-0.25, -0.2) is 4.79 Å². The summed E-state index contributed by atoms with van der Waals surface area (Å²) in [5.74, 6) is -1.08. The fourth-order valence-electron chi connectivity index (χ4n) is 2.03. The molecule has 108 valence electrons. The molecule has 1 aromatic rings. The molecule has 2 rings (SSSR count). The molecule has 0 bridgehead atoms. The summed E-state index contributed by atoms with van der Waals surface area (Å²) in [4.78, 5) is 23.1. The molecule has 0 aliphatic carbocycles. The maximum atomic E-state index is 12.1. The number of hydrogen-bond donors (Lipinski definition) is 2. The summed E-state index contributed by atoms with van der Waals surface area (Å²) in [7, 11) is 1.45. The molecule has 1 aliphatic rings. The van der Waals surface area contributed by atoms with Gasteiger partial charge in [-0.1, -0.05) is 11.6 Å². The zero-order chi connectivity index (χ0) is 14.7. The van der Waals surface area contributed by atoms with E-state index >= 15 is 0 Å². The van der Waals surface area contributed by atoms with Crippen LogP contribution in [0.1, 0.15) is 16.8 Å². The number of aliphatic carboxylic acids is 1. The van der Waals surface area contributed by atoms with Gasteiger partial charge in [0.15, 0.2) is 6.10 Å². The topological polar surface area (TPSA) is 84.9 Å². The van der Waals surface area contributed by atoms with Gasteiger partial charge in [0.25, 0.3) is 5.91 Å². The molecule has 2 N–H and O–H groups in total. The van der Waals surface area contributed by atoms with Crippen molar-refractivity contribution < 1.29 is 24.2 Å². The summed E-state index contributed by atoms with van der Waals surface area (Å²) in [5, 5.41) is 12.0. The summed E-state index contributed by atoms with van der Waals surface area (Å²) in [6.45, 7) is 0.311. The highest BCUT2D eigenvalue weighted by Gasteiger charge is 2.35. The van der Waals surface area contributed by atoms with E-state index in [4.69, 9.17) is 26.2 Å². The highest BCUT2D eigenvalue weighted by Crippen LogP contribution is 2.25. The first-order valence-corrected chi connectivity index (χ1v) is 6.39. The molecule has 6 nitrogen and oxygen atoms in total. The number of ether oxygens (including phenoxy) is 2. The van der Waals surface area contributed by atoms with E-state index in [2.05, 4.69) is 5.32 Å². The molecule has 1 amide bonds. The number of carbonyl (C=O) groups is 2. The lowest BCUT2D eigenvalue weighted by Gasteiger charge is -2.16. The van der Waals surface area contributed by atoms with Crippen LogP contribution in [0.2, 0.25) is 5.02 Å². The Morgan fingerprint density at radius 3 is 2.90 bits per heavy atom. The second-order valence-electron chi connectivity index (χ2n) is 4.35. The first-order chi connectivity index (χ1) is 9.52. The fraction of sp³-hybridized carbons (Fsp3) is 0.385. The quantitative estimate of drug-likeness (QED) is 0.876. The van der Waals surface area contributed by atoms with Gasteiger partial charge >= 0.3 is 5.97 Å². The smallest absolute Gasteiger partial charge is 0.334 e. The number of carbonyl (C=O) groups excluding carboxylic acids is 1. The van der Waals surface area contributed by atoms with E-state index in [-0.39, 0.29) is 5.91 Å². The predicted molar refractivity (Wildman–Crippen MR) is 71.3 cm³/mol. The molecular weight excluding hydrogens is 286 g/mol. The van der Waals surface area contributed by atoms with E-state index in [1.165, 1.54) is 13.2 Å². The zero-order valence-electron chi connectivity index (χ0n) is 10.8. The van der Waals surface area contributed by atoms with Gasteiger partial charge in [0.1, 0.15) is 5.75 Å². The van der Waals surface area contributed by atoms with E-state index in [9.17, 15) is 9.59 Å². The first kappa shape index (κ1) is 14.6. The van der Waals surface area contributed by atoms with Gasteiger partial charge in [-0.2, -0.15) is 0 Å². The summed E-state index contributed by atoms with van der Waals surface area (Å²) in [6, 6.07) is 4.06. The average Bonchev–Trinajstić information content (AvgIpc) is 2.87. The molecule has 1 fully saturated rings. The van der Waals surface area contributed by atoms with Crippen LogP contribution in [0.4, 0.5) is 0 Å². The van der Waals surface area contributed by atoms with E-state index in [1.54, 1.807) is 12.1 Å². The number of rotatable bonds is 4. The lowest BCUT2D eigenvalue weighted by Crippen LogP contribution is -2.44. The Balaban J connectivity index is 2.10. The molecule has 20 heavy (non-hydrogen) atoms. The third-order valence-electron chi connectivity index (χ3n) is 3.06. The Hall–Kier alpha value is -1.79. The molecule has 0 spiro atoms. The molecule has 1 aromatic carbocycles. The second-order valence-corrected chi connectivity index (χ2v) is 4.75. The highest BCUT2D eigenvalue weighted by molar-refractivity contribution is 6.32. The SMILES string of the molecule is COc1cc(C(=O)N[C@@H]2CCO[C@@H]2C(=O)O)ccc1Cl. The van der Waals surface area contributed by atoms with Crippen LogP contribution in [0.25, 0.3) is 0 Å². The molecule has 1 aliphatic heterocycles. The lowest BCUT2D eigenvalue weighted by atomic mass is 10.1. The van der Waals surface area contributed by atoms with Gasteiger partial charge in [0, 0.05) is 12.2 Å². The van der Waals surface area contributed by atoms with Crippen molar-refractivity contribution in [3.05, 3.63) is 28.8 Å². The van der Waals surface area contributed by atoms with Crippen LogP contribution in [0.5, 0.6) is 5.75 Å². The largest absolute Gasteiger partial charge is 0.495 e. The summed E-state index contributed by atoms with van der Waals surface area (Å²) < 4.78 is 10.1. The van der Waals surface area contributed by atoms with Crippen LogP contribution in [0, 0.1) is 0 Å². The van der Waals surface area contributed by atoms with Crippen molar-refractivity contribution >= 4 is 23.5 Å². The van der Waals surface area contributed by atoms with Gasteiger partial charge in [-0.05, 0) is 24.6 Å². The first-order valence-electron chi connectivity index (χ1n) is 6.01. The summed E-state index contributed by atoms with van der Waals surface area (Å²) >= 11 is 5.88. The molecule has 7 heteroatoms. The monoisotopic (exact) mass is 299 g/mol. The number of hydrogen-bond acceptors (Lipinski definition) is 4. The molecule has 1 heterocycles. The van der Waals surface area contributed by atoms with Crippen molar-refractivity contribution in [3.8, 4) is 5.75 Å². The van der Waals surface area contributed by atoms with Gasteiger partial charge < -0.3 is 19.9 Å². The molecule has 2 atom stereocenters. The molecule has 0 aromatic heterocycles. The average molecular weight is 300 g/mol. The standard InChI is InChI=1S/C13H14ClNO5/c1-19-10-6-7(2-3-8(10)14)12(16)15-9-4-5-20-11(9)13(17)18/h2-3,6,9,11H,4-5H2,1H3,(H,15,16)(H,17,18)/t9-,11+/m1/s1. The predicted octanol–water partition coefficient (Wildman–Crippen LogP) is 1.32. The van der Waals surface area contributed by atoms with Crippen LogP contribution in [0.3, 0.4) is 0 Å². The Kier molecular flexibility index (Phi) is 4.46. The Morgan fingerprint density at radius 2 is 2.25 bits per heavy atom. The maximum Gasteiger partial charge on any atom is 0.334 e. The number of carboxylic acid groups (broad SMARTS) is 1. The van der Waals surface area contributed by atoms with Crippen molar-refractivity contribution in [1.29, 1.82) is 0 Å². The molecule has 1 saturated heterocycles. The van der Waals surface area contributed by atoms with Gasteiger partial charge in [-0.15, -0.1) is 0 Å². The number of methoxy groups -OCH3 is 1. The second kappa shape index (κ2) is 6.11. The molecule has 0 saturated carbocycles. The van der Waals surface area contributed by atoms with Gasteiger partial charge in [0.2, 0.25) is 0 Å². The van der Waals surface area contributed by atoms with Gasteiger partial charge in [-0.3, -0.25) is 4.79 Å². The van der Waals surface area contributed by atoms with Crippen molar-refractivity contribution in [1.82, 2.24) is 5.32 Å². The van der Waals surface area contributed by atoms with Crippen LogP contribution in [0.15, 0.2) is 18.2 Å². The summed E-state index contributed by atoms with van der Waals surface area (Å²) in [6.07, 6.45) is -0.541. The van der Waals surface area contributed by atoms with E-state index in [0.717, 1.165) is 0 Å². The number of amides is 1. The maximum absolute atomic E-state index is 12.1. The fourth-order valence-corrected chi connectivity index (χ4v) is 2.23. The Morgan fingerprint density at radius 1 is 1.50 bits per heavy atom. The van der Waals surface area contributed by atoms with Crippen LogP contribution < -0.4 is 10.1 Å². The van der Waals surface area contributed by atoms with Crippen LogP contribution in [-0.2, 0) is 9.53 Å². The highest BCUT2D eigenvalue weighted by atomic mass is 35.5. The lowest BCUT2D eigenvalue weighted by molar-refractivity contribution is -0.148. The molecular formula is C13H14ClNO5. The summed E-state index contributed by atoms with van der Waals surface area (Å²) in [5.41, 5.74) is 0.349. The van der Waals surface area contributed by atoms with E-state index < -0.39 is 18.1 Å². The number of carboxylic acids is 1. The minimum Gasteiger partial charge on any atom is -0.495 e. The minimum absolute atomic E-state index is 0.311. The Bertz CT molecular complexity index is 533. The van der Waals surface area contributed by atoms with Gasteiger partial charge in [0.05, 0.1) is 18.2 Å². The minimum atomic E-state index is -1.08. The number of nitrogens with one attached hydrogen (secondary N) is 1. The number of benzene rings is 1. The molecule has 0 unspecified atom stereocenters. The van der Waals surface area contributed by atoms with Crippen molar-refractivity contribution in [2.24, 2.45) is 0 Å². The molecule has 0 radical (unpaired) electrons. The third kappa shape index (κ3) is 3.02. The zero-order valence-corrected chi connectivity index (χ0v) is 11.5. The van der Waals surface area contributed by atoms with Crippen LogP contribution in [-0.4, -0.2) is 42.8 Å². The van der Waals surface area contributed by atoms with Crippen molar-refractivity contribution in [3.63, 3.8) is 0 Å². The number of halogens is 1. The third-order valence-corrected chi connectivity index (χ3v) is 3.38. The Labute approximate surface area is 120 Å². The normalized spacial score (nSPS) is 21.5. The van der Waals surface area contributed by atoms with E-state index in [1.807, 2.05) is 0 Å². The van der Waals surface area contributed by atoms with Crippen molar-refractivity contribution in [2.75, 3.05) is 13.7 Å². The van der Waals surface area contributed by atoms with E-state index in [0.29, 0.717) is 29.4 Å². The van der Waals surface area contributed by atoms with Crippen LogP contribution >= 0.6 is 11.6 Å².